The zero-order valence-electron chi connectivity index (χ0n) is 18.8. The number of carboxylic acid groups (broad SMARTS) is 1. The molecular formula is C27H21F2N3O3. The molecule has 6 rings (SSSR count). The second-order valence-corrected chi connectivity index (χ2v) is 8.99. The van der Waals surface area contributed by atoms with E-state index in [-0.39, 0.29) is 11.4 Å². The van der Waals surface area contributed by atoms with Crippen LogP contribution in [0.4, 0.5) is 8.78 Å². The van der Waals surface area contributed by atoms with Gasteiger partial charge in [-0.25, -0.2) is 13.6 Å². The molecule has 5 aromatic rings. The number of nitrogens with zero attached hydrogens (tertiary/aromatic N) is 2. The SMILES string of the molecule is CCC1(c2c(-c3ccc(C(=O)O)cc3F)c3cc4[nH]ncc4cc3n2-c2ccc(F)cc2)COC1. The summed E-state index contributed by atoms with van der Waals surface area (Å²) < 4.78 is 37.1. The monoisotopic (exact) mass is 473 g/mol. The lowest BCUT2D eigenvalue weighted by Crippen LogP contribution is -2.47. The number of hydrogen-bond donors (Lipinski definition) is 2. The summed E-state index contributed by atoms with van der Waals surface area (Å²) in [5, 5.41) is 18.1. The highest BCUT2D eigenvalue weighted by Gasteiger charge is 2.44. The van der Waals surface area contributed by atoms with Crippen LogP contribution in [0.25, 0.3) is 38.6 Å². The molecule has 0 radical (unpaired) electrons. The molecule has 1 aliphatic rings. The van der Waals surface area contributed by atoms with Gasteiger partial charge in [-0.1, -0.05) is 13.0 Å². The molecule has 3 heterocycles. The van der Waals surface area contributed by atoms with Crippen LogP contribution in [0.1, 0.15) is 29.4 Å². The van der Waals surface area contributed by atoms with Crippen molar-refractivity contribution in [1.29, 1.82) is 0 Å². The third kappa shape index (κ3) is 3.17. The highest BCUT2D eigenvalue weighted by atomic mass is 19.1. The van der Waals surface area contributed by atoms with Gasteiger partial charge in [0, 0.05) is 33.3 Å². The number of aromatic nitrogens is 3. The largest absolute Gasteiger partial charge is 0.478 e. The number of rotatable bonds is 5. The number of carbonyl (C=O) groups is 1. The minimum atomic E-state index is -1.19. The number of nitrogens with one attached hydrogen (secondary N) is 1. The van der Waals surface area contributed by atoms with E-state index in [1.54, 1.807) is 18.3 Å². The predicted molar refractivity (Wildman–Crippen MR) is 128 cm³/mol. The van der Waals surface area contributed by atoms with Gasteiger partial charge in [-0.05, 0) is 55.0 Å². The average molecular weight is 473 g/mol. The molecule has 0 unspecified atom stereocenters. The summed E-state index contributed by atoms with van der Waals surface area (Å²) in [5.41, 5.74) is 3.65. The number of hydrogen-bond acceptors (Lipinski definition) is 3. The summed E-state index contributed by atoms with van der Waals surface area (Å²) in [4.78, 5) is 11.4. The first kappa shape index (κ1) is 21.5. The number of benzene rings is 3. The third-order valence-corrected chi connectivity index (χ3v) is 7.03. The molecule has 0 bridgehead atoms. The molecule has 1 fully saturated rings. The summed E-state index contributed by atoms with van der Waals surface area (Å²) in [6, 6.07) is 14.1. The highest BCUT2D eigenvalue weighted by Crippen LogP contribution is 2.48. The molecule has 8 heteroatoms. The van der Waals surface area contributed by atoms with Crippen molar-refractivity contribution in [2.24, 2.45) is 0 Å². The Labute approximate surface area is 198 Å². The summed E-state index contributed by atoms with van der Waals surface area (Å²) in [5.74, 6) is -2.17. The minimum absolute atomic E-state index is 0.122. The van der Waals surface area contributed by atoms with Crippen LogP contribution >= 0.6 is 0 Å². The Morgan fingerprint density at radius 1 is 1.14 bits per heavy atom. The number of H-pyrrole nitrogens is 1. The van der Waals surface area contributed by atoms with Crippen molar-refractivity contribution < 1.29 is 23.4 Å². The van der Waals surface area contributed by atoms with Crippen LogP contribution in [0.3, 0.4) is 0 Å². The lowest BCUT2D eigenvalue weighted by atomic mass is 9.76. The Bertz CT molecular complexity index is 1610. The summed E-state index contributed by atoms with van der Waals surface area (Å²) in [7, 11) is 0. The fourth-order valence-electron chi connectivity index (χ4n) is 5.07. The van der Waals surface area contributed by atoms with E-state index >= 15 is 4.39 Å². The van der Waals surface area contributed by atoms with Crippen LogP contribution in [0, 0.1) is 11.6 Å². The van der Waals surface area contributed by atoms with Gasteiger partial charge in [0.15, 0.2) is 0 Å². The van der Waals surface area contributed by atoms with Gasteiger partial charge in [0.25, 0.3) is 0 Å². The van der Waals surface area contributed by atoms with Crippen molar-refractivity contribution in [3.8, 4) is 16.8 Å². The molecule has 1 saturated heterocycles. The first-order chi connectivity index (χ1) is 16.9. The zero-order valence-corrected chi connectivity index (χ0v) is 18.8. The molecule has 1 aliphatic heterocycles. The number of halogens is 2. The predicted octanol–water partition coefficient (Wildman–Crippen LogP) is 5.83. The van der Waals surface area contributed by atoms with Gasteiger partial charge in [-0.3, -0.25) is 5.10 Å². The van der Waals surface area contributed by atoms with E-state index in [0.29, 0.717) is 24.3 Å². The highest BCUT2D eigenvalue weighted by molar-refractivity contribution is 6.06. The fourth-order valence-corrected chi connectivity index (χ4v) is 5.07. The molecule has 0 atom stereocenters. The smallest absolute Gasteiger partial charge is 0.335 e. The number of fused-ring (bicyclic) bond motifs is 2. The van der Waals surface area contributed by atoms with Crippen molar-refractivity contribution in [2.45, 2.75) is 18.8 Å². The first-order valence-corrected chi connectivity index (χ1v) is 11.3. The quantitative estimate of drug-likeness (QED) is 0.337. The molecule has 0 amide bonds. The van der Waals surface area contributed by atoms with Crippen LogP contribution in [0.5, 0.6) is 0 Å². The molecule has 2 N–H and O–H groups in total. The number of aromatic carboxylic acids is 1. The van der Waals surface area contributed by atoms with E-state index in [1.807, 2.05) is 16.7 Å². The van der Waals surface area contributed by atoms with Crippen molar-refractivity contribution in [1.82, 2.24) is 14.8 Å². The molecule has 2 aromatic heterocycles. The maximum absolute atomic E-state index is 15.6. The van der Waals surface area contributed by atoms with E-state index in [1.165, 1.54) is 24.3 Å². The van der Waals surface area contributed by atoms with Gasteiger partial charge in [-0.15, -0.1) is 0 Å². The van der Waals surface area contributed by atoms with Gasteiger partial charge >= 0.3 is 5.97 Å². The van der Waals surface area contributed by atoms with Gasteiger partial charge in [-0.2, -0.15) is 5.10 Å². The van der Waals surface area contributed by atoms with Gasteiger partial charge in [0.2, 0.25) is 0 Å². The van der Waals surface area contributed by atoms with Crippen molar-refractivity contribution in [3.05, 3.63) is 83.7 Å². The summed E-state index contributed by atoms with van der Waals surface area (Å²) in [6.45, 7) is 2.99. The van der Waals surface area contributed by atoms with Crippen molar-refractivity contribution in [2.75, 3.05) is 13.2 Å². The second-order valence-electron chi connectivity index (χ2n) is 8.99. The Hall–Kier alpha value is -4.04. The van der Waals surface area contributed by atoms with E-state index in [9.17, 15) is 14.3 Å². The Morgan fingerprint density at radius 3 is 2.54 bits per heavy atom. The normalized spacial score (nSPS) is 14.9. The van der Waals surface area contributed by atoms with Crippen LogP contribution < -0.4 is 0 Å². The Balaban J connectivity index is 1.78. The third-order valence-electron chi connectivity index (χ3n) is 7.03. The standard InChI is InChI=1S/C27H21F2N3O3/c1-2-27(13-35-14-27)25-24(19-8-3-15(26(33)34)9-21(19)29)20-11-22-16(12-30-31-22)10-23(20)32(25)18-6-4-17(28)5-7-18/h3-12H,2,13-14H2,1H3,(H,30,31)(H,33,34). The van der Waals surface area contributed by atoms with Crippen LogP contribution in [-0.4, -0.2) is 39.1 Å². The molecule has 0 spiro atoms. The lowest BCUT2D eigenvalue weighted by molar-refractivity contribution is -0.0644. The maximum Gasteiger partial charge on any atom is 0.335 e. The zero-order chi connectivity index (χ0) is 24.3. The second kappa shape index (κ2) is 7.74. The Kier molecular flexibility index (Phi) is 4.76. The average Bonchev–Trinajstić information content (AvgIpc) is 3.40. The number of carboxylic acids is 1. The molecule has 0 aliphatic carbocycles. The van der Waals surface area contributed by atoms with E-state index in [0.717, 1.165) is 45.7 Å². The fraction of sp³-hybridized carbons (Fsp3) is 0.185. The van der Waals surface area contributed by atoms with E-state index in [4.69, 9.17) is 4.74 Å². The number of aromatic amines is 1. The maximum atomic E-state index is 15.6. The van der Waals surface area contributed by atoms with Gasteiger partial charge in [0.1, 0.15) is 11.6 Å². The molecule has 35 heavy (non-hydrogen) atoms. The van der Waals surface area contributed by atoms with E-state index in [2.05, 4.69) is 17.1 Å². The van der Waals surface area contributed by atoms with E-state index < -0.39 is 17.2 Å². The van der Waals surface area contributed by atoms with Crippen LogP contribution in [-0.2, 0) is 10.2 Å². The molecular weight excluding hydrogens is 452 g/mol. The molecule has 0 saturated carbocycles. The topological polar surface area (TPSA) is 80.1 Å². The first-order valence-electron chi connectivity index (χ1n) is 11.3. The molecule has 176 valence electrons. The number of ether oxygens (including phenoxy) is 1. The minimum Gasteiger partial charge on any atom is -0.478 e. The van der Waals surface area contributed by atoms with Gasteiger partial charge in [0.05, 0.1) is 41.4 Å². The van der Waals surface area contributed by atoms with Crippen LogP contribution in [0.15, 0.2) is 60.8 Å². The van der Waals surface area contributed by atoms with Crippen molar-refractivity contribution >= 4 is 27.8 Å². The Morgan fingerprint density at radius 2 is 1.91 bits per heavy atom. The molecule has 3 aromatic carbocycles. The van der Waals surface area contributed by atoms with Crippen LogP contribution in [0.2, 0.25) is 0 Å². The van der Waals surface area contributed by atoms with Gasteiger partial charge < -0.3 is 14.4 Å². The summed E-state index contributed by atoms with van der Waals surface area (Å²) >= 11 is 0. The summed E-state index contributed by atoms with van der Waals surface area (Å²) in [6.07, 6.45) is 2.46. The lowest BCUT2D eigenvalue weighted by Gasteiger charge is -2.42. The van der Waals surface area contributed by atoms with Crippen molar-refractivity contribution in [3.63, 3.8) is 0 Å². The molecule has 6 nitrogen and oxygen atoms in total.